The summed E-state index contributed by atoms with van der Waals surface area (Å²) in [4.78, 5) is 2.09. The SMILES string of the molecule is OCCN1CC(CC2CC2)CC(NCC(F)(F)F)C1. The van der Waals surface area contributed by atoms with Gasteiger partial charge in [0.1, 0.15) is 0 Å². The Bertz CT molecular complexity index is 282. The number of nitrogens with zero attached hydrogens (tertiary/aromatic N) is 1. The van der Waals surface area contributed by atoms with E-state index in [1.165, 1.54) is 12.8 Å². The number of hydrogen-bond donors (Lipinski definition) is 2. The van der Waals surface area contributed by atoms with Crippen LogP contribution in [0, 0.1) is 11.8 Å². The van der Waals surface area contributed by atoms with Gasteiger partial charge in [-0.25, -0.2) is 0 Å². The van der Waals surface area contributed by atoms with Crippen molar-refractivity contribution in [3.63, 3.8) is 0 Å². The molecule has 1 heterocycles. The Morgan fingerprint density at radius 3 is 2.47 bits per heavy atom. The molecule has 2 unspecified atom stereocenters. The van der Waals surface area contributed by atoms with E-state index >= 15 is 0 Å². The van der Waals surface area contributed by atoms with E-state index in [4.69, 9.17) is 5.11 Å². The van der Waals surface area contributed by atoms with Crippen LogP contribution in [0.3, 0.4) is 0 Å². The van der Waals surface area contributed by atoms with Gasteiger partial charge in [-0.05, 0) is 24.7 Å². The van der Waals surface area contributed by atoms with Crippen molar-refractivity contribution < 1.29 is 18.3 Å². The predicted molar refractivity (Wildman–Crippen MR) is 66.8 cm³/mol. The molecule has 0 bridgehead atoms. The molecule has 2 aliphatic rings. The predicted octanol–water partition coefficient (Wildman–Crippen LogP) is 1.62. The van der Waals surface area contributed by atoms with Gasteiger partial charge >= 0.3 is 6.18 Å². The Morgan fingerprint density at radius 2 is 1.89 bits per heavy atom. The molecule has 1 aliphatic heterocycles. The van der Waals surface area contributed by atoms with Gasteiger partial charge in [-0.15, -0.1) is 0 Å². The van der Waals surface area contributed by atoms with Crippen molar-refractivity contribution >= 4 is 0 Å². The van der Waals surface area contributed by atoms with E-state index in [1.54, 1.807) is 0 Å². The van der Waals surface area contributed by atoms with E-state index in [9.17, 15) is 13.2 Å². The first kappa shape index (κ1) is 15.1. The van der Waals surface area contributed by atoms with Crippen LogP contribution in [0.2, 0.25) is 0 Å². The Morgan fingerprint density at radius 1 is 1.16 bits per heavy atom. The molecular formula is C13H23F3N2O. The molecule has 0 amide bonds. The first-order chi connectivity index (χ1) is 8.96. The molecule has 19 heavy (non-hydrogen) atoms. The highest BCUT2D eigenvalue weighted by molar-refractivity contribution is 4.87. The summed E-state index contributed by atoms with van der Waals surface area (Å²) in [7, 11) is 0. The van der Waals surface area contributed by atoms with Gasteiger partial charge in [0, 0.05) is 25.7 Å². The average molecular weight is 280 g/mol. The lowest BCUT2D eigenvalue weighted by atomic mass is 9.89. The van der Waals surface area contributed by atoms with Crippen molar-refractivity contribution in [3.05, 3.63) is 0 Å². The molecule has 0 aromatic carbocycles. The van der Waals surface area contributed by atoms with Crippen molar-refractivity contribution in [2.75, 3.05) is 32.8 Å². The number of aliphatic hydroxyl groups excluding tert-OH is 1. The van der Waals surface area contributed by atoms with Crippen molar-refractivity contribution in [2.45, 2.75) is 37.9 Å². The Labute approximate surface area is 112 Å². The number of piperidine rings is 1. The molecule has 112 valence electrons. The van der Waals surface area contributed by atoms with Gasteiger partial charge in [0.25, 0.3) is 0 Å². The largest absolute Gasteiger partial charge is 0.401 e. The first-order valence-corrected chi connectivity index (χ1v) is 7.09. The number of aliphatic hydroxyl groups is 1. The molecule has 2 rings (SSSR count). The fourth-order valence-corrected chi connectivity index (χ4v) is 3.03. The lowest BCUT2D eigenvalue weighted by Gasteiger charge is -2.38. The third-order valence-corrected chi connectivity index (χ3v) is 3.98. The Balaban J connectivity index is 1.82. The van der Waals surface area contributed by atoms with Crippen LogP contribution in [0.25, 0.3) is 0 Å². The molecule has 1 aliphatic carbocycles. The van der Waals surface area contributed by atoms with Crippen molar-refractivity contribution in [3.8, 4) is 0 Å². The van der Waals surface area contributed by atoms with Gasteiger partial charge in [-0.2, -0.15) is 13.2 Å². The normalized spacial score (nSPS) is 29.7. The fraction of sp³-hybridized carbons (Fsp3) is 1.00. The number of hydrogen-bond acceptors (Lipinski definition) is 3. The molecule has 3 nitrogen and oxygen atoms in total. The van der Waals surface area contributed by atoms with E-state index in [-0.39, 0.29) is 12.6 Å². The minimum Gasteiger partial charge on any atom is -0.395 e. The van der Waals surface area contributed by atoms with E-state index in [0.29, 0.717) is 19.0 Å². The summed E-state index contributed by atoms with van der Waals surface area (Å²) in [5.41, 5.74) is 0. The molecule has 0 aromatic rings. The van der Waals surface area contributed by atoms with E-state index in [1.807, 2.05) is 0 Å². The fourth-order valence-electron chi connectivity index (χ4n) is 3.03. The zero-order valence-electron chi connectivity index (χ0n) is 11.1. The van der Waals surface area contributed by atoms with Crippen molar-refractivity contribution in [1.82, 2.24) is 10.2 Å². The summed E-state index contributed by atoms with van der Waals surface area (Å²) >= 11 is 0. The zero-order chi connectivity index (χ0) is 13.9. The lowest BCUT2D eigenvalue weighted by Crippen LogP contribution is -2.51. The van der Waals surface area contributed by atoms with Gasteiger partial charge in [0.2, 0.25) is 0 Å². The van der Waals surface area contributed by atoms with E-state index in [2.05, 4.69) is 10.2 Å². The van der Waals surface area contributed by atoms with Gasteiger partial charge in [-0.3, -0.25) is 4.90 Å². The van der Waals surface area contributed by atoms with Gasteiger partial charge < -0.3 is 10.4 Å². The zero-order valence-corrected chi connectivity index (χ0v) is 11.1. The summed E-state index contributed by atoms with van der Waals surface area (Å²) in [5, 5.41) is 11.6. The van der Waals surface area contributed by atoms with Crippen LogP contribution in [0.15, 0.2) is 0 Å². The monoisotopic (exact) mass is 280 g/mol. The van der Waals surface area contributed by atoms with Crippen LogP contribution in [0.5, 0.6) is 0 Å². The number of alkyl halides is 3. The van der Waals surface area contributed by atoms with Gasteiger partial charge in [0.05, 0.1) is 13.2 Å². The standard InChI is InChI=1S/C13H23F3N2O/c14-13(15,16)9-17-12-6-11(5-10-1-2-10)7-18(8-12)3-4-19/h10-12,17,19H,1-9H2. The third-order valence-electron chi connectivity index (χ3n) is 3.98. The van der Waals surface area contributed by atoms with Crippen molar-refractivity contribution in [1.29, 1.82) is 0 Å². The molecular weight excluding hydrogens is 257 g/mol. The lowest BCUT2D eigenvalue weighted by molar-refractivity contribution is -0.127. The highest BCUT2D eigenvalue weighted by atomic mass is 19.4. The Hall–Kier alpha value is -0.330. The molecule has 1 saturated carbocycles. The summed E-state index contributed by atoms with van der Waals surface area (Å²) in [6, 6.07) is -0.106. The smallest absolute Gasteiger partial charge is 0.395 e. The average Bonchev–Trinajstić information content (AvgIpc) is 3.10. The minimum absolute atomic E-state index is 0.0716. The van der Waals surface area contributed by atoms with E-state index < -0.39 is 12.7 Å². The molecule has 6 heteroatoms. The maximum Gasteiger partial charge on any atom is 0.401 e. The molecule has 0 radical (unpaired) electrons. The summed E-state index contributed by atoms with van der Waals surface area (Å²) in [6.07, 6.45) is 0.361. The van der Waals surface area contributed by atoms with E-state index in [0.717, 1.165) is 25.3 Å². The second-order valence-corrected chi connectivity index (χ2v) is 5.96. The summed E-state index contributed by atoms with van der Waals surface area (Å²) in [6.45, 7) is 1.24. The van der Waals surface area contributed by atoms with Crippen LogP contribution in [-0.4, -0.2) is 55.0 Å². The summed E-state index contributed by atoms with van der Waals surface area (Å²) < 4.78 is 36.8. The number of halogens is 3. The van der Waals surface area contributed by atoms with Crippen LogP contribution < -0.4 is 5.32 Å². The maximum atomic E-state index is 12.3. The van der Waals surface area contributed by atoms with Gasteiger partial charge in [0.15, 0.2) is 0 Å². The molecule has 0 aromatic heterocycles. The van der Waals surface area contributed by atoms with Gasteiger partial charge in [-0.1, -0.05) is 12.8 Å². The molecule has 2 atom stereocenters. The first-order valence-electron chi connectivity index (χ1n) is 7.09. The maximum absolute atomic E-state index is 12.3. The molecule has 2 N–H and O–H groups in total. The molecule has 1 saturated heterocycles. The third kappa shape index (κ3) is 5.67. The highest BCUT2D eigenvalue weighted by Gasteiger charge is 2.34. The van der Waals surface area contributed by atoms with Crippen LogP contribution >= 0.6 is 0 Å². The second-order valence-electron chi connectivity index (χ2n) is 5.96. The Kier molecular flexibility index (Phi) is 5.09. The molecule has 2 fully saturated rings. The quantitative estimate of drug-likeness (QED) is 0.776. The number of β-amino-alcohol motifs (C(OH)–C–C–N with tert-alkyl or cyclic N) is 1. The molecule has 0 spiro atoms. The number of rotatable bonds is 6. The van der Waals surface area contributed by atoms with Crippen LogP contribution in [0.4, 0.5) is 13.2 Å². The summed E-state index contributed by atoms with van der Waals surface area (Å²) in [5.74, 6) is 1.26. The second kappa shape index (κ2) is 6.41. The topological polar surface area (TPSA) is 35.5 Å². The number of nitrogens with one attached hydrogen (secondary N) is 1. The number of likely N-dealkylation sites (tertiary alicyclic amines) is 1. The highest BCUT2D eigenvalue weighted by Crippen LogP contribution is 2.37. The van der Waals surface area contributed by atoms with Crippen LogP contribution in [-0.2, 0) is 0 Å². The minimum atomic E-state index is -4.15. The van der Waals surface area contributed by atoms with Crippen LogP contribution in [0.1, 0.15) is 25.7 Å². The van der Waals surface area contributed by atoms with Crippen molar-refractivity contribution in [2.24, 2.45) is 11.8 Å².